The topological polar surface area (TPSA) is 72.8 Å². The summed E-state index contributed by atoms with van der Waals surface area (Å²) in [6, 6.07) is 10.9. The molecular formula is C30H38Cl2FN3O4Si. The molecule has 41 heavy (non-hydrogen) atoms. The second-order valence-electron chi connectivity index (χ2n) is 12.8. The van der Waals surface area contributed by atoms with Gasteiger partial charge in [0.15, 0.2) is 0 Å². The van der Waals surface area contributed by atoms with E-state index >= 15 is 4.39 Å². The fourth-order valence-corrected chi connectivity index (χ4v) is 6.15. The molecule has 1 aromatic heterocycles. The minimum Gasteiger partial charge on any atom is -0.444 e. The van der Waals surface area contributed by atoms with E-state index in [1.165, 1.54) is 17.0 Å². The first-order valence-corrected chi connectivity index (χ1v) is 18.2. The Morgan fingerprint density at radius 3 is 2.56 bits per heavy atom. The zero-order valence-electron chi connectivity index (χ0n) is 24.4. The summed E-state index contributed by atoms with van der Waals surface area (Å²) in [5, 5.41) is 4.96. The van der Waals surface area contributed by atoms with E-state index in [2.05, 4.69) is 25.0 Å². The first-order valence-electron chi connectivity index (χ1n) is 13.7. The van der Waals surface area contributed by atoms with E-state index in [1.54, 1.807) is 37.6 Å². The lowest BCUT2D eigenvalue weighted by Crippen LogP contribution is -2.42. The first kappa shape index (κ1) is 31.3. The monoisotopic (exact) mass is 621 g/mol. The van der Waals surface area contributed by atoms with Gasteiger partial charge in [0.2, 0.25) is 0 Å². The van der Waals surface area contributed by atoms with Gasteiger partial charge in [0, 0.05) is 44.1 Å². The number of fused-ring (bicyclic) bond motifs is 1. The van der Waals surface area contributed by atoms with E-state index in [1.807, 2.05) is 18.2 Å². The fourth-order valence-electron chi connectivity index (χ4n) is 4.90. The van der Waals surface area contributed by atoms with Crippen LogP contribution in [0.4, 0.5) is 14.9 Å². The van der Waals surface area contributed by atoms with Crippen LogP contribution >= 0.6 is 23.2 Å². The number of pyridine rings is 1. The van der Waals surface area contributed by atoms with E-state index in [-0.39, 0.29) is 34.4 Å². The van der Waals surface area contributed by atoms with Crippen molar-refractivity contribution in [1.29, 1.82) is 0 Å². The van der Waals surface area contributed by atoms with Gasteiger partial charge < -0.3 is 19.7 Å². The fraction of sp³-hybridized carbons (Fsp3) is 0.467. The van der Waals surface area contributed by atoms with Gasteiger partial charge in [0.1, 0.15) is 18.1 Å². The molecule has 2 heterocycles. The maximum atomic E-state index is 15.4. The Hall–Kier alpha value is -2.59. The van der Waals surface area contributed by atoms with Crippen LogP contribution in [0.5, 0.6) is 0 Å². The van der Waals surface area contributed by atoms with Crippen LogP contribution in [0.15, 0.2) is 47.4 Å². The summed E-state index contributed by atoms with van der Waals surface area (Å²) in [4.78, 5) is 27.9. The van der Waals surface area contributed by atoms with Gasteiger partial charge in [-0.2, -0.15) is 0 Å². The minimum atomic E-state index is -1.25. The molecule has 0 bridgehead atoms. The third kappa shape index (κ3) is 7.44. The summed E-state index contributed by atoms with van der Waals surface area (Å²) in [6.07, 6.45) is 1.56. The van der Waals surface area contributed by atoms with Crippen LogP contribution in [0.25, 0.3) is 10.8 Å². The predicted molar refractivity (Wildman–Crippen MR) is 166 cm³/mol. The standard InChI is InChI=1S/C30H38Cl2FN3O4Si/c1-29(2,3)40-28(38)35-14-12-30(18-35,25-24(33)10-9-23(31)26(25)32)34-21-8-7-20-11-13-36(27(37)22(20)17-21)19-39-15-16-41(4,5)6/h7-11,13,17,34H,12,14-16,18-19H2,1-6H3/t30-/m1/s1. The number of hydrogen-bond donors (Lipinski definition) is 1. The van der Waals surface area contributed by atoms with Crippen molar-refractivity contribution in [1.82, 2.24) is 9.47 Å². The van der Waals surface area contributed by atoms with Crippen LogP contribution in [0.3, 0.4) is 0 Å². The molecule has 222 valence electrons. The maximum absolute atomic E-state index is 15.4. The maximum Gasteiger partial charge on any atom is 0.410 e. The lowest BCUT2D eigenvalue weighted by molar-refractivity contribution is 0.0286. The zero-order chi connectivity index (χ0) is 30.2. The number of aromatic nitrogens is 1. The highest BCUT2D eigenvalue weighted by atomic mass is 35.5. The molecule has 1 aliphatic rings. The molecule has 11 heteroatoms. The second kappa shape index (κ2) is 12.0. The number of hydrogen-bond acceptors (Lipinski definition) is 5. The number of likely N-dealkylation sites (tertiary alicyclic amines) is 1. The Balaban J connectivity index is 1.68. The molecule has 0 saturated carbocycles. The average Bonchev–Trinajstić information content (AvgIpc) is 3.29. The molecule has 1 fully saturated rings. The molecule has 0 unspecified atom stereocenters. The summed E-state index contributed by atoms with van der Waals surface area (Å²) in [7, 11) is -1.25. The highest BCUT2D eigenvalue weighted by molar-refractivity contribution is 6.76. The number of ether oxygens (including phenoxy) is 2. The molecule has 1 atom stereocenters. The largest absolute Gasteiger partial charge is 0.444 e. The molecule has 1 aliphatic heterocycles. The molecule has 1 saturated heterocycles. The van der Waals surface area contributed by atoms with Crippen molar-refractivity contribution in [3.05, 3.63) is 74.4 Å². The van der Waals surface area contributed by atoms with E-state index in [9.17, 15) is 9.59 Å². The van der Waals surface area contributed by atoms with Crippen molar-refractivity contribution in [3.8, 4) is 0 Å². The summed E-state index contributed by atoms with van der Waals surface area (Å²) in [6.45, 7) is 13.4. The van der Waals surface area contributed by atoms with E-state index < -0.39 is 31.1 Å². The number of rotatable bonds is 8. The van der Waals surface area contributed by atoms with Crippen LogP contribution in [-0.4, -0.2) is 48.9 Å². The van der Waals surface area contributed by atoms with Crippen LogP contribution in [0, 0.1) is 5.82 Å². The Labute approximate surface area is 251 Å². The quantitative estimate of drug-likeness (QED) is 0.158. The van der Waals surface area contributed by atoms with Gasteiger partial charge in [-0.25, -0.2) is 9.18 Å². The molecular weight excluding hydrogens is 584 g/mol. The molecule has 3 aromatic rings. The third-order valence-corrected chi connectivity index (χ3v) is 9.54. The highest BCUT2D eigenvalue weighted by Crippen LogP contribution is 2.43. The minimum absolute atomic E-state index is 0.0730. The Kier molecular flexibility index (Phi) is 9.14. The predicted octanol–water partition coefficient (Wildman–Crippen LogP) is 7.71. The van der Waals surface area contributed by atoms with Gasteiger partial charge in [0.25, 0.3) is 5.56 Å². The number of nitrogens with one attached hydrogen (secondary N) is 1. The Bertz CT molecular complexity index is 1500. The van der Waals surface area contributed by atoms with E-state index in [0.717, 1.165) is 11.4 Å². The summed E-state index contributed by atoms with van der Waals surface area (Å²) in [5.74, 6) is -0.545. The summed E-state index contributed by atoms with van der Waals surface area (Å²) < 4.78 is 28.4. The molecule has 1 amide bonds. The molecule has 0 radical (unpaired) electrons. The number of anilines is 1. The van der Waals surface area contributed by atoms with E-state index in [0.29, 0.717) is 30.6 Å². The SMILES string of the molecule is CC(C)(C)OC(=O)N1CC[C@](Nc2ccc3ccn(COCC[Si](C)(C)C)c(=O)c3c2)(c2c(F)ccc(Cl)c2Cl)C1. The van der Waals surface area contributed by atoms with E-state index in [4.69, 9.17) is 32.7 Å². The normalized spacial score (nSPS) is 17.7. The van der Waals surface area contributed by atoms with Crippen molar-refractivity contribution < 1.29 is 18.7 Å². The van der Waals surface area contributed by atoms with Crippen LogP contribution < -0.4 is 10.9 Å². The third-order valence-electron chi connectivity index (χ3n) is 7.03. The summed E-state index contributed by atoms with van der Waals surface area (Å²) in [5.41, 5.74) is -1.26. The van der Waals surface area contributed by atoms with Crippen LogP contribution in [0.1, 0.15) is 32.8 Å². The van der Waals surface area contributed by atoms with Gasteiger partial charge in [-0.3, -0.25) is 9.36 Å². The van der Waals surface area contributed by atoms with Gasteiger partial charge in [-0.05, 0) is 69.0 Å². The molecule has 7 nitrogen and oxygen atoms in total. The molecule has 0 spiro atoms. The Morgan fingerprint density at radius 1 is 1.15 bits per heavy atom. The number of carbonyl (C=O) groups excluding carboxylic acids is 1. The molecule has 0 aliphatic carbocycles. The number of nitrogens with zero attached hydrogens (tertiary/aromatic N) is 2. The Morgan fingerprint density at radius 2 is 1.88 bits per heavy atom. The molecule has 1 N–H and O–H groups in total. The van der Waals surface area contributed by atoms with Crippen molar-refractivity contribution in [2.45, 2.75) is 70.7 Å². The van der Waals surface area contributed by atoms with Gasteiger partial charge >= 0.3 is 6.09 Å². The lowest BCUT2D eigenvalue weighted by atomic mass is 9.87. The summed E-state index contributed by atoms with van der Waals surface area (Å²) >= 11 is 12.9. The smallest absolute Gasteiger partial charge is 0.410 e. The van der Waals surface area contributed by atoms with Crippen molar-refractivity contribution in [2.24, 2.45) is 0 Å². The van der Waals surface area contributed by atoms with Gasteiger partial charge in [0.05, 0.1) is 22.1 Å². The van der Waals surface area contributed by atoms with Crippen molar-refractivity contribution >= 4 is 53.8 Å². The van der Waals surface area contributed by atoms with Gasteiger partial charge in [-0.1, -0.05) is 48.9 Å². The molecule has 2 aromatic carbocycles. The van der Waals surface area contributed by atoms with Crippen LogP contribution in [0.2, 0.25) is 35.7 Å². The number of benzene rings is 2. The second-order valence-corrected chi connectivity index (χ2v) is 19.2. The van der Waals surface area contributed by atoms with Crippen LogP contribution in [-0.2, 0) is 21.7 Å². The number of carbonyl (C=O) groups is 1. The highest BCUT2D eigenvalue weighted by Gasteiger charge is 2.46. The molecule has 4 rings (SSSR count). The van der Waals surface area contributed by atoms with Gasteiger partial charge in [-0.15, -0.1) is 0 Å². The first-order chi connectivity index (χ1) is 19.1. The average molecular weight is 623 g/mol. The zero-order valence-corrected chi connectivity index (χ0v) is 27.0. The lowest BCUT2D eigenvalue weighted by Gasteiger charge is -2.34. The number of halogens is 3. The van der Waals surface area contributed by atoms with Crippen molar-refractivity contribution in [3.63, 3.8) is 0 Å². The number of amides is 1. The van der Waals surface area contributed by atoms with Crippen molar-refractivity contribution in [2.75, 3.05) is 25.0 Å².